The van der Waals surface area contributed by atoms with Crippen LogP contribution in [0.1, 0.15) is 25.3 Å². The molecule has 0 saturated heterocycles. The van der Waals surface area contributed by atoms with Crippen LogP contribution in [0.15, 0.2) is 30.3 Å². The molecule has 1 amide bonds. The van der Waals surface area contributed by atoms with E-state index in [9.17, 15) is 4.79 Å². The van der Waals surface area contributed by atoms with Crippen LogP contribution in [0.25, 0.3) is 0 Å². The Morgan fingerprint density at radius 3 is 2.57 bits per heavy atom. The van der Waals surface area contributed by atoms with E-state index in [4.69, 9.17) is 0 Å². The fraction of sp³-hybridized carbons (Fsp3) is 0.417. The van der Waals surface area contributed by atoms with Gasteiger partial charge in [-0.1, -0.05) is 43.7 Å². The minimum absolute atomic E-state index is 0.671. The van der Waals surface area contributed by atoms with Gasteiger partial charge in [0, 0.05) is 13.1 Å². The summed E-state index contributed by atoms with van der Waals surface area (Å²) in [4.78, 5) is 12.3. The van der Waals surface area contributed by atoms with Crippen LogP contribution in [0.3, 0.4) is 0 Å². The van der Waals surface area contributed by atoms with Gasteiger partial charge in [0.15, 0.2) is 0 Å². The number of hydrogen-bond acceptors (Lipinski definition) is 1. The van der Waals surface area contributed by atoms with Crippen molar-refractivity contribution in [2.75, 3.05) is 6.54 Å². The van der Waals surface area contributed by atoms with E-state index >= 15 is 0 Å². The second kappa shape index (κ2) is 6.19. The zero-order valence-corrected chi connectivity index (χ0v) is 8.57. The van der Waals surface area contributed by atoms with E-state index in [1.54, 1.807) is 4.90 Å². The molecule has 0 N–H and O–H groups in total. The lowest BCUT2D eigenvalue weighted by Crippen LogP contribution is -2.22. The zero-order valence-electron chi connectivity index (χ0n) is 8.57. The zero-order chi connectivity index (χ0) is 10.2. The van der Waals surface area contributed by atoms with Gasteiger partial charge < -0.3 is 4.90 Å². The maximum Gasteiger partial charge on any atom is 0.312 e. The number of rotatable bonds is 6. The Hall–Kier alpha value is -1.31. The predicted octanol–water partition coefficient (Wildman–Crippen LogP) is 2.36. The van der Waals surface area contributed by atoms with Crippen LogP contribution in [-0.2, 0) is 11.3 Å². The predicted molar refractivity (Wildman–Crippen MR) is 57.5 cm³/mol. The van der Waals surface area contributed by atoms with E-state index in [2.05, 4.69) is 6.92 Å². The van der Waals surface area contributed by atoms with Gasteiger partial charge in [-0.15, -0.1) is 0 Å². The highest BCUT2D eigenvalue weighted by atomic mass is 16.1. The lowest BCUT2D eigenvalue weighted by molar-refractivity contribution is 0.367. The van der Waals surface area contributed by atoms with Gasteiger partial charge in [0.2, 0.25) is 0 Å². The molecule has 0 aromatic heterocycles. The topological polar surface area (TPSA) is 20.3 Å². The third kappa shape index (κ3) is 3.60. The molecule has 0 saturated carbocycles. The van der Waals surface area contributed by atoms with Crippen LogP contribution < -0.4 is 0 Å². The molecule has 0 aliphatic carbocycles. The lowest BCUT2D eigenvalue weighted by atomic mass is 10.2. The number of amides is 1. The molecule has 1 aromatic rings. The Kier molecular flexibility index (Phi) is 4.76. The van der Waals surface area contributed by atoms with Crippen LogP contribution in [-0.4, -0.2) is 17.9 Å². The summed E-state index contributed by atoms with van der Waals surface area (Å²) in [6.07, 6.45) is 4.12. The molecule has 2 nitrogen and oxygen atoms in total. The standard InChI is InChI=1S/C12H16NO/c1-2-3-9-13(11-14)10-12-7-5-4-6-8-12/h4-8H,2-3,9-10H2,1H3. The highest BCUT2D eigenvalue weighted by Crippen LogP contribution is 2.03. The first-order chi connectivity index (χ1) is 6.86. The van der Waals surface area contributed by atoms with Crippen LogP contribution in [0.5, 0.6) is 0 Å². The first kappa shape index (κ1) is 10.8. The van der Waals surface area contributed by atoms with E-state index in [1.807, 2.05) is 36.7 Å². The normalized spacial score (nSPS) is 9.79. The van der Waals surface area contributed by atoms with Gasteiger partial charge in [-0.25, -0.2) is 0 Å². The molecule has 1 aromatic carbocycles. The van der Waals surface area contributed by atoms with Crippen molar-refractivity contribution in [1.29, 1.82) is 0 Å². The molecule has 14 heavy (non-hydrogen) atoms. The molecule has 2 heteroatoms. The van der Waals surface area contributed by atoms with E-state index in [0.29, 0.717) is 6.54 Å². The van der Waals surface area contributed by atoms with E-state index in [-0.39, 0.29) is 0 Å². The number of hydrogen-bond donors (Lipinski definition) is 0. The van der Waals surface area contributed by atoms with Crippen molar-refractivity contribution in [2.45, 2.75) is 26.3 Å². The number of carbonyl (C=O) groups excluding carboxylic acids is 1. The maximum absolute atomic E-state index is 10.6. The van der Waals surface area contributed by atoms with E-state index in [1.165, 1.54) is 0 Å². The average Bonchev–Trinajstić information content (AvgIpc) is 2.25. The molecule has 0 atom stereocenters. The summed E-state index contributed by atoms with van der Waals surface area (Å²) in [5.41, 5.74) is 1.16. The summed E-state index contributed by atoms with van der Waals surface area (Å²) in [6, 6.07) is 9.99. The van der Waals surface area contributed by atoms with Gasteiger partial charge in [-0.3, -0.25) is 4.79 Å². The maximum atomic E-state index is 10.6. The number of nitrogens with zero attached hydrogens (tertiary/aromatic N) is 1. The molecule has 1 radical (unpaired) electrons. The summed E-state index contributed by atoms with van der Waals surface area (Å²) < 4.78 is 0. The summed E-state index contributed by atoms with van der Waals surface area (Å²) in [5.74, 6) is 0. The molecule has 75 valence electrons. The summed E-state index contributed by atoms with van der Waals surface area (Å²) in [7, 11) is 0. The molecule has 0 fully saturated rings. The molecule has 0 unspecified atom stereocenters. The van der Waals surface area contributed by atoms with Crippen molar-refractivity contribution in [2.24, 2.45) is 0 Å². The van der Waals surface area contributed by atoms with Crippen LogP contribution in [0, 0.1) is 0 Å². The third-order valence-corrected chi connectivity index (χ3v) is 2.13. The summed E-state index contributed by atoms with van der Waals surface area (Å²) in [5, 5.41) is 0. The largest absolute Gasteiger partial charge is 0.330 e. The Labute approximate surface area is 85.5 Å². The Bertz CT molecular complexity index is 258. The smallest absolute Gasteiger partial charge is 0.312 e. The van der Waals surface area contributed by atoms with Gasteiger partial charge in [0.05, 0.1) is 0 Å². The second-order valence-corrected chi connectivity index (χ2v) is 3.35. The van der Waals surface area contributed by atoms with Gasteiger partial charge >= 0.3 is 6.41 Å². The minimum Gasteiger partial charge on any atom is -0.330 e. The molecule has 0 aliphatic heterocycles. The van der Waals surface area contributed by atoms with Gasteiger partial charge in [-0.05, 0) is 12.0 Å². The monoisotopic (exact) mass is 190 g/mol. The third-order valence-electron chi connectivity index (χ3n) is 2.13. The highest BCUT2D eigenvalue weighted by molar-refractivity contribution is 5.48. The van der Waals surface area contributed by atoms with Crippen molar-refractivity contribution in [3.63, 3.8) is 0 Å². The van der Waals surface area contributed by atoms with Crippen LogP contribution in [0.2, 0.25) is 0 Å². The van der Waals surface area contributed by atoms with Crippen molar-refractivity contribution >= 4 is 6.41 Å². The Balaban J connectivity index is 2.44. The first-order valence-electron chi connectivity index (χ1n) is 5.03. The first-order valence-corrected chi connectivity index (χ1v) is 5.03. The van der Waals surface area contributed by atoms with Crippen LogP contribution in [0.4, 0.5) is 0 Å². The van der Waals surface area contributed by atoms with Crippen molar-refractivity contribution < 1.29 is 4.79 Å². The average molecular weight is 190 g/mol. The van der Waals surface area contributed by atoms with Crippen molar-refractivity contribution in [1.82, 2.24) is 4.90 Å². The Morgan fingerprint density at radius 1 is 1.29 bits per heavy atom. The molecular weight excluding hydrogens is 174 g/mol. The van der Waals surface area contributed by atoms with E-state index < -0.39 is 0 Å². The van der Waals surface area contributed by atoms with E-state index in [0.717, 1.165) is 24.9 Å². The summed E-state index contributed by atoms with van der Waals surface area (Å²) >= 11 is 0. The fourth-order valence-corrected chi connectivity index (χ4v) is 1.31. The fourth-order valence-electron chi connectivity index (χ4n) is 1.31. The van der Waals surface area contributed by atoms with Gasteiger partial charge in [0.25, 0.3) is 0 Å². The number of unbranched alkanes of at least 4 members (excludes halogenated alkanes) is 1. The van der Waals surface area contributed by atoms with Gasteiger partial charge in [0.1, 0.15) is 0 Å². The second-order valence-electron chi connectivity index (χ2n) is 3.35. The number of benzene rings is 1. The SMILES string of the molecule is CCCCN([C]=O)Cc1ccccc1. The molecule has 1 rings (SSSR count). The van der Waals surface area contributed by atoms with Gasteiger partial charge in [-0.2, -0.15) is 0 Å². The lowest BCUT2D eigenvalue weighted by Gasteiger charge is -2.15. The molecule has 0 heterocycles. The van der Waals surface area contributed by atoms with Crippen molar-refractivity contribution in [3.05, 3.63) is 35.9 Å². The molecule has 0 spiro atoms. The van der Waals surface area contributed by atoms with Crippen molar-refractivity contribution in [3.8, 4) is 0 Å². The quantitative estimate of drug-likeness (QED) is 0.630. The molecule has 0 aliphatic rings. The minimum atomic E-state index is 0.671. The summed E-state index contributed by atoms with van der Waals surface area (Å²) in [6.45, 7) is 3.59. The molecule has 0 bridgehead atoms. The van der Waals surface area contributed by atoms with Crippen LogP contribution >= 0.6 is 0 Å². The highest BCUT2D eigenvalue weighted by Gasteiger charge is 2.02. The molecular formula is C12H16NO. The Morgan fingerprint density at radius 2 is 2.00 bits per heavy atom.